The van der Waals surface area contributed by atoms with Gasteiger partial charge >= 0.3 is 5.97 Å². The van der Waals surface area contributed by atoms with Crippen molar-refractivity contribution in [1.29, 1.82) is 0 Å². The molecule has 0 spiro atoms. The van der Waals surface area contributed by atoms with E-state index in [1.165, 1.54) is 10.9 Å². The fraction of sp³-hybridized carbons (Fsp3) is 0.231. The van der Waals surface area contributed by atoms with E-state index in [0.717, 1.165) is 6.29 Å². The van der Waals surface area contributed by atoms with Crippen molar-refractivity contribution in [3.05, 3.63) is 36.0 Å². The molecule has 1 aromatic carbocycles. The number of carbonyl (C=O) groups excluding carboxylic acids is 1. The second kappa shape index (κ2) is 5.43. The van der Waals surface area contributed by atoms with E-state index >= 15 is 0 Å². The molecular weight excluding hydrogens is 246 g/mol. The minimum atomic E-state index is -0.974. The van der Waals surface area contributed by atoms with Gasteiger partial charge in [-0.15, -0.1) is 5.10 Å². The number of aromatic nitrogens is 3. The molecule has 6 nitrogen and oxygen atoms in total. The molecule has 0 aliphatic carbocycles. The highest BCUT2D eigenvalue weighted by Crippen LogP contribution is 2.25. The molecule has 1 atom stereocenters. The second-order valence-corrected chi connectivity index (χ2v) is 4.03. The van der Waals surface area contributed by atoms with Gasteiger partial charge in [0.05, 0.1) is 11.9 Å². The lowest BCUT2D eigenvalue weighted by Crippen LogP contribution is -2.20. The number of hydrogen-bond acceptors (Lipinski definition) is 4. The maximum absolute atomic E-state index is 11.2. The highest BCUT2D eigenvalue weighted by Gasteiger charge is 2.22. The summed E-state index contributed by atoms with van der Waals surface area (Å²) in [6, 6.07) is 6.14. The lowest BCUT2D eigenvalue weighted by atomic mass is 10.1. The molecule has 19 heavy (non-hydrogen) atoms. The van der Waals surface area contributed by atoms with Crippen molar-refractivity contribution in [2.75, 3.05) is 0 Å². The Morgan fingerprint density at radius 3 is 2.84 bits per heavy atom. The van der Waals surface area contributed by atoms with Crippen LogP contribution in [0.3, 0.4) is 0 Å². The summed E-state index contributed by atoms with van der Waals surface area (Å²) in [5.41, 5.74) is 1.63. The van der Waals surface area contributed by atoms with Crippen LogP contribution < -0.4 is 0 Å². The maximum Gasteiger partial charge on any atom is 0.328 e. The minimum absolute atomic E-state index is 0.384. The van der Waals surface area contributed by atoms with Crippen molar-refractivity contribution in [3.8, 4) is 11.3 Å². The first-order valence-electron chi connectivity index (χ1n) is 5.86. The fourth-order valence-electron chi connectivity index (χ4n) is 1.95. The van der Waals surface area contributed by atoms with Crippen LogP contribution in [0.15, 0.2) is 30.5 Å². The van der Waals surface area contributed by atoms with Gasteiger partial charge in [-0.1, -0.05) is 36.4 Å². The van der Waals surface area contributed by atoms with Gasteiger partial charge in [0.15, 0.2) is 12.3 Å². The van der Waals surface area contributed by atoms with Crippen LogP contribution in [0, 0.1) is 0 Å². The average molecular weight is 259 g/mol. The third kappa shape index (κ3) is 2.37. The Bertz CT molecular complexity index is 607. The number of aldehydes is 1. The average Bonchev–Trinajstić information content (AvgIpc) is 2.88. The number of carboxylic acids is 1. The van der Waals surface area contributed by atoms with Gasteiger partial charge in [-0.2, -0.15) is 0 Å². The van der Waals surface area contributed by atoms with Crippen LogP contribution in [0.5, 0.6) is 0 Å². The minimum Gasteiger partial charge on any atom is -0.480 e. The van der Waals surface area contributed by atoms with Crippen LogP contribution in [0.25, 0.3) is 11.3 Å². The van der Waals surface area contributed by atoms with Crippen molar-refractivity contribution in [2.45, 2.75) is 19.4 Å². The Morgan fingerprint density at radius 2 is 2.21 bits per heavy atom. The summed E-state index contributed by atoms with van der Waals surface area (Å²) in [7, 11) is 0. The number of aliphatic carboxylic acids is 1. The third-order valence-electron chi connectivity index (χ3n) is 2.91. The monoisotopic (exact) mass is 259 g/mol. The van der Waals surface area contributed by atoms with Gasteiger partial charge in [0.1, 0.15) is 0 Å². The molecule has 0 bridgehead atoms. The lowest BCUT2D eigenvalue weighted by Gasteiger charge is -2.13. The van der Waals surface area contributed by atoms with E-state index in [9.17, 15) is 14.7 Å². The van der Waals surface area contributed by atoms with Crippen molar-refractivity contribution >= 4 is 12.3 Å². The molecule has 0 radical (unpaired) electrons. The normalized spacial score (nSPS) is 12.1. The molecule has 0 saturated heterocycles. The van der Waals surface area contributed by atoms with Gasteiger partial charge in [-0.25, -0.2) is 9.48 Å². The van der Waals surface area contributed by atoms with Crippen LogP contribution in [0.2, 0.25) is 0 Å². The zero-order valence-corrected chi connectivity index (χ0v) is 10.4. The van der Waals surface area contributed by atoms with Crippen molar-refractivity contribution in [3.63, 3.8) is 0 Å². The SMILES string of the molecule is CCC(C(=O)O)n1nncc1-c1ccccc1C=O. The van der Waals surface area contributed by atoms with Gasteiger partial charge in [0.25, 0.3) is 0 Å². The molecule has 2 aromatic rings. The first-order chi connectivity index (χ1) is 9.19. The number of rotatable bonds is 5. The van der Waals surface area contributed by atoms with Crippen LogP contribution in [0.1, 0.15) is 29.7 Å². The van der Waals surface area contributed by atoms with Gasteiger partial charge < -0.3 is 5.11 Å². The molecule has 0 aliphatic rings. The predicted octanol–water partition coefficient (Wildman–Crippen LogP) is 1.79. The van der Waals surface area contributed by atoms with Gasteiger partial charge in [-0.05, 0) is 6.42 Å². The number of carbonyl (C=O) groups is 2. The van der Waals surface area contributed by atoms with Crippen molar-refractivity contribution in [2.24, 2.45) is 0 Å². The van der Waals surface area contributed by atoms with E-state index in [1.807, 2.05) is 0 Å². The molecule has 2 rings (SSSR count). The molecule has 1 N–H and O–H groups in total. The molecule has 1 unspecified atom stereocenters. The van der Waals surface area contributed by atoms with E-state index < -0.39 is 12.0 Å². The van der Waals surface area contributed by atoms with Crippen LogP contribution in [0.4, 0.5) is 0 Å². The summed E-state index contributed by atoms with van der Waals surface area (Å²) in [5.74, 6) is -0.974. The molecule has 6 heteroatoms. The van der Waals surface area contributed by atoms with Crippen LogP contribution in [-0.2, 0) is 4.79 Å². The summed E-state index contributed by atoms with van der Waals surface area (Å²) < 4.78 is 1.34. The fourth-order valence-corrected chi connectivity index (χ4v) is 1.95. The van der Waals surface area contributed by atoms with E-state index in [4.69, 9.17) is 0 Å². The Balaban J connectivity index is 2.55. The molecule has 98 valence electrons. The zero-order chi connectivity index (χ0) is 13.8. The summed E-state index contributed by atoms with van der Waals surface area (Å²) in [5, 5.41) is 16.8. The Kier molecular flexibility index (Phi) is 3.70. The maximum atomic E-state index is 11.2. The highest BCUT2D eigenvalue weighted by molar-refractivity contribution is 5.86. The Labute approximate surface area is 109 Å². The summed E-state index contributed by atoms with van der Waals surface area (Å²) in [6.07, 6.45) is 2.58. The summed E-state index contributed by atoms with van der Waals surface area (Å²) >= 11 is 0. The first kappa shape index (κ1) is 12.9. The number of nitrogens with zero attached hydrogens (tertiary/aromatic N) is 3. The summed E-state index contributed by atoms with van der Waals surface area (Å²) in [6.45, 7) is 1.76. The first-order valence-corrected chi connectivity index (χ1v) is 5.86. The van der Waals surface area contributed by atoms with E-state index in [2.05, 4.69) is 10.3 Å². The molecule has 0 aliphatic heterocycles. The second-order valence-electron chi connectivity index (χ2n) is 4.03. The molecule has 1 heterocycles. The van der Waals surface area contributed by atoms with Crippen molar-refractivity contribution < 1.29 is 14.7 Å². The molecular formula is C13H13N3O3. The molecule has 0 saturated carbocycles. The van der Waals surface area contributed by atoms with Crippen molar-refractivity contribution in [1.82, 2.24) is 15.0 Å². The van der Waals surface area contributed by atoms with Crippen LogP contribution in [-0.4, -0.2) is 32.4 Å². The Hall–Kier alpha value is -2.50. The summed E-state index contributed by atoms with van der Waals surface area (Å²) in [4.78, 5) is 22.2. The number of carboxylic acid groups (broad SMARTS) is 1. The lowest BCUT2D eigenvalue weighted by molar-refractivity contribution is -0.141. The van der Waals surface area contributed by atoms with Gasteiger partial charge in [0.2, 0.25) is 0 Å². The standard InChI is InChI=1S/C13H13N3O3/c1-2-11(13(18)19)16-12(7-14-15-16)10-6-4-3-5-9(10)8-17/h3-8,11H,2H2,1H3,(H,18,19). The van der Waals surface area contributed by atoms with Gasteiger partial charge in [-0.3, -0.25) is 4.79 Å². The topological polar surface area (TPSA) is 85.1 Å². The van der Waals surface area contributed by atoms with E-state index in [-0.39, 0.29) is 0 Å². The Morgan fingerprint density at radius 1 is 1.47 bits per heavy atom. The van der Waals surface area contributed by atoms with Crippen LogP contribution >= 0.6 is 0 Å². The predicted molar refractivity (Wildman–Crippen MR) is 67.8 cm³/mol. The number of benzene rings is 1. The molecule has 0 fully saturated rings. The van der Waals surface area contributed by atoms with Gasteiger partial charge in [0, 0.05) is 11.1 Å². The van der Waals surface area contributed by atoms with E-state index in [0.29, 0.717) is 23.2 Å². The highest BCUT2D eigenvalue weighted by atomic mass is 16.4. The largest absolute Gasteiger partial charge is 0.480 e. The molecule has 0 amide bonds. The van der Waals surface area contributed by atoms with E-state index in [1.54, 1.807) is 31.2 Å². The third-order valence-corrected chi connectivity index (χ3v) is 2.91. The zero-order valence-electron chi connectivity index (χ0n) is 10.4. The molecule has 1 aromatic heterocycles. The quantitative estimate of drug-likeness (QED) is 0.827. The smallest absolute Gasteiger partial charge is 0.328 e. The number of hydrogen-bond donors (Lipinski definition) is 1.